The molecule has 0 aliphatic carbocycles. The third-order valence-electron chi connectivity index (χ3n) is 3.67. The molecular weight excluding hydrogens is 274 g/mol. The van der Waals surface area contributed by atoms with E-state index in [1.165, 1.54) is 6.07 Å². The van der Waals surface area contributed by atoms with Gasteiger partial charge < -0.3 is 4.90 Å². The van der Waals surface area contributed by atoms with Gasteiger partial charge >= 0.3 is 0 Å². The minimum atomic E-state index is -3.50. The lowest BCUT2D eigenvalue weighted by atomic mass is 10.1. The van der Waals surface area contributed by atoms with E-state index in [2.05, 4.69) is 9.62 Å². The van der Waals surface area contributed by atoms with E-state index in [4.69, 9.17) is 5.26 Å². The first kappa shape index (κ1) is 15.0. The summed E-state index contributed by atoms with van der Waals surface area (Å²) in [6, 6.07) is 6.63. The number of hydrogen-bond acceptors (Lipinski definition) is 4. The highest BCUT2D eigenvalue weighted by molar-refractivity contribution is 7.89. The number of nitrogens with one attached hydrogen (secondary N) is 1. The second-order valence-electron chi connectivity index (χ2n) is 5.29. The minimum Gasteiger partial charge on any atom is -0.306 e. The van der Waals surface area contributed by atoms with Crippen molar-refractivity contribution in [1.82, 2.24) is 9.62 Å². The van der Waals surface area contributed by atoms with Gasteiger partial charge in [0.25, 0.3) is 0 Å². The Bertz CT molecular complexity index is 626. The first-order chi connectivity index (χ1) is 9.42. The van der Waals surface area contributed by atoms with Gasteiger partial charge in [-0.15, -0.1) is 0 Å². The number of nitriles is 1. The third-order valence-corrected chi connectivity index (χ3v) is 5.19. The molecule has 1 saturated heterocycles. The van der Waals surface area contributed by atoms with E-state index in [0.29, 0.717) is 11.1 Å². The van der Waals surface area contributed by atoms with Crippen LogP contribution in [0.4, 0.5) is 0 Å². The van der Waals surface area contributed by atoms with Crippen molar-refractivity contribution in [3.05, 3.63) is 29.3 Å². The standard InChI is InChI=1S/C14H19N3O2S/c1-11-9-14(4-3-12(11)10-15)20(18,19)16-13-5-7-17(2)8-6-13/h3-4,9,13,16H,5-8H2,1-2H3. The van der Waals surface area contributed by atoms with Gasteiger partial charge in [0, 0.05) is 6.04 Å². The molecule has 0 aromatic heterocycles. The quantitative estimate of drug-likeness (QED) is 0.910. The normalized spacial score (nSPS) is 17.9. The highest BCUT2D eigenvalue weighted by atomic mass is 32.2. The van der Waals surface area contributed by atoms with Crippen LogP contribution >= 0.6 is 0 Å². The molecule has 0 amide bonds. The topological polar surface area (TPSA) is 73.2 Å². The van der Waals surface area contributed by atoms with Crippen LogP contribution in [0.15, 0.2) is 23.1 Å². The van der Waals surface area contributed by atoms with Crippen LogP contribution in [-0.2, 0) is 10.0 Å². The molecule has 1 fully saturated rings. The zero-order valence-electron chi connectivity index (χ0n) is 11.8. The molecule has 0 unspecified atom stereocenters. The fraction of sp³-hybridized carbons (Fsp3) is 0.500. The number of likely N-dealkylation sites (tertiary alicyclic amines) is 1. The van der Waals surface area contributed by atoms with Gasteiger partial charge in [-0.05, 0) is 63.7 Å². The lowest BCUT2D eigenvalue weighted by molar-refractivity contribution is 0.248. The van der Waals surface area contributed by atoms with Gasteiger partial charge in [0.05, 0.1) is 16.5 Å². The van der Waals surface area contributed by atoms with Crippen molar-refractivity contribution in [2.24, 2.45) is 0 Å². The Kier molecular flexibility index (Phi) is 4.43. The maximum atomic E-state index is 12.3. The van der Waals surface area contributed by atoms with Crippen molar-refractivity contribution in [2.45, 2.75) is 30.7 Å². The molecule has 0 saturated carbocycles. The number of nitrogens with zero attached hydrogens (tertiary/aromatic N) is 2. The second kappa shape index (κ2) is 5.92. The van der Waals surface area contributed by atoms with E-state index in [1.54, 1.807) is 19.1 Å². The first-order valence-corrected chi connectivity index (χ1v) is 8.12. The Balaban J connectivity index is 2.14. The van der Waals surface area contributed by atoms with Crippen molar-refractivity contribution in [3.63, 3.8) is 0 Å². The second-order valence-corrected chi connectivity index (χ2v) is 7.00. The van der Waals surface area contributed by atoms with Crippen molar-refractivity contribution in [1.29, 1.82) is 5.26 Å². The Morgan fingerprint density at radius 3 is 2.55 bits per heavy atom. The summed E-state index contributed by atoms with van der Waals surface area (Å²) >= 11 is 0. The molecular formula is C14H19N3O2S. The maximum absolute atomic E-state index is 12.3. The number of rotatable bonds is 3. The molecule has 0 atom stereocenters. The number of aryl methyl sites for hydroxylation is 1. The van der Waals surface area contributed by atoms with Crippen LogP contribution in [0.1, 0.15) is 24.0 Å². The summed E-state index contributed by atoms with van der Waals surface area (Å²) in [4.78, 5) is 2.42. The summed E-state index contributed by atoms with van der Waals surface area (Å²) in [6.45, 7) is 3.55. The van der Waals surface area contributed by atoms with Crippen LogP contribution in [0.5, 0.6) is 0 Å². The summed E-state index contributed by atoms with van der Waals surface area (Å²) in [5.74, 6) is 0. The molecule has 5 nitrogen and oxygen atoms in total. The fourth-order valence-electron chi connectivity index (χ4n) is 2.34. The van der Waals surface area contributed by atoms with E-state index in [9.17, 15) is 8.42 Å². The molecule has 1 N–H and O–H groups in total. The van der Waals surface area contributed by atoms with E-state index in [1.807, 2.05) is 13.1 Å². The Morgan fingerprint density at radius 2 is 2.00 bits per heavy atom. The molecule has 1 heterocycles. The zero-order valence-corrected chi connectivity index (χ0v) is 12.6. The number of benzene rings is 1. The SMILES string of the molecule is Cc1cc(S(=O)(=O)NC2CCN(C)CC2)ccc1C#N. The zero-order chi connectivity index (χ0) is 14.8. The molecule has 108 valence electrons. The average Bonchev–Trinajstić information content (AvgIpc) is 2.41. The number of hydrogen-bond donors (Lipinski definition) is 1. The molecule has 1 aromatic rings. The summed E-state index contributed by atoms with van der Waals surface area (Å²) in [7, 11) is -1.47. The third kappa shape index (κ3) is 3.37. The number of piperidine rings is 1. The maximum Gasteiger partial charge on any atom is 0.240 e. The summed E-state index contributed by atoms with van der Waals surface area (Å²) in [5.41, 5.74) is 1.18. The van der Waals surface area contributed by atoms with Crippen LogP contribution < -0.4 is 4.72 Å². The van der Waals surface area contributed by atoms with Crippen molar-refractivity contribution >= 4 is 10.0 Å². The Morgan fingerprint density at radius 1 is 1.35 bits per heavy atom. The molecule has 2 rings (SSSR count). The predicted molar refractivity (Wildman–Crippen MR) is 76.7 cm³/mol. The fourth-order valence-corrected chi connectivity index (χ4v) is 3.73. The first-order valence-electron chi connectivity index (χ1n) is 6.64. The molecule has 1 aliphatic heterocycles. The van der Waals surface area contributed by atoms with Crippen LogP contribution in [-0.4, -0.2) is 39.5 Å². The average molecular weight is 293 g/mol. The van der Waals surface area contributed by atoms with Crippen LogP contribution in [0.25, 0.3) is 0 Å². The Hall–Kier alpha value is -1.42. The van der Waals surface area contributed by atoms with Crippen molar-refractivity contribution in [2.75, 3.05) is 20.1 Å². The van der Waals surface area contributed by atoms with Gasteiger partial charge in [-0.1, -0.05) is 0 Å². The monoisotopic (exact) mass is 293 g/mol. The predicted octanol–water partition coefficient (Wildman–Crippen LogP) is 1.24. The summed E-state index contributed by atoms with van der Waals surface area (Å²) in [6.07, 6.45) is 1.65. The van der Waals surface area contributed by atoms with Crippen molar-refractivity contribution in [3.8, 4) is 6.07 Å². The van der Waals surface area contributed by atoms with Crippen LogP contribution in [0.2, 0.25) is 0 Å². The van der Waals surface area contributed by atoms with Gasteiger partial charge in [0.2, 0.25) is 10.0 Å². The van der Waals surface area contributed by atoms with Gasteiger partial charge in [-0.25, -0.2) is 13.1 Å². The molecule has 0 radical (unpaired) electrons. The van der Waals surface area contributed by atoms with Gasteiger partial charge in [0.15, 0.2) is 0 Å². The molecule has 0 spiro atoms. The van der Waals surface area contributed by atoms with Gasteiger partial charge in [-0.3, -0.25) is 0 Å². The van der Waals surface area contributed by atoms with E-state index in [0.717, 1.165) is 25.9 Å². The minimum absolute atomic E-state index is 0.00727. The molecule has 1 aliphatic rings. The Labute approximate surface area is 120 Å². The van der Waals surface area contributed by atoms with Crippen LogP contribution in [0.3, 0.4) is 0 Å². The van der Waals surface area contributed by atoms with Gasteiger partial charge in [-0.2, -0.15) is 5.26 Å². The summed E-state index contributed by atoms with van der Waals surface area (Å²) < 4.78 is 27.4. The lowest BCUT2D eigenvalue weighted by Crippen LogP contribution is -2.43. The van der Waals surface area contributed by atoms with E-state index < -0.39 is 10.0 Å². The molecule has 6 heteroatoms. The van der Waals surface area contributed by atoms with Crippen LogP contribution in [0, 0.1) is 18.3 Å². The largest absolute Gasteiger partial charge is 0.306 e. The highest BCUT2D eigenvalue weighted by Crippen LogP contribution is 2.17. The lowest BCUT2D eigenvalue weighted by Gasteiger charge is -2.29. The molecule has 1 aromatic carbocycles. The van der Waals surface area contributed by atoms with E-state index >= 15 is 0 Å². The molecule has 20 heavy (non-hydrogen) atoms. The summed E-state index contributed by atoms with van der Waals surface area (Å²) in [5, 5.41) is 8.88. The highest BCUT2D eigenvalue weighted by Gasteiger charge is 2.23. The smallest absolute Gasteiger partial charge is 0.240 e. The van der Waals surface area contributed by atoms with Crippen molar-refractivity contribution < 1.29 is 8.42 Å². The van der Waals surface area contributed by atoms with Gasteiger partial charge in [0.1, 0.15) is 0 Å². The molecule has 0 bridgehead atoms. The number of sulfonamides is 1. The van der Waals surface area contributed by atoms with E-state index in [-0.39, 0.29) is 10.9 Å².